The fourth-order valence-electron chi connectivity index (χ4n) is 2.36. The fraction of sp³-hybridized carbons (Fsp3) is 0.316. The first-order valence-corrected chi connectivity index (χ1v) is 9.16. The molecule has 0 saturated heterocycles. The van der Waals surface area contributed by atoms with Crippen molar-refractivity contribution in [1.29, 1.82) is 0 Å². The van der Waals surface area contributed by atoms with E-state index in [9.17, 15) is 4.79 Å². The number of hydrogen-bond donors (Lipinski definition) is 2. The van der Waals surface area contributed by atoms with Crippen molar-refractivity contribution in [2.45, 2.75) is 19.9 Å². The molecule has 0 fully saturated rings. The van der Waals surface area contributed by atoms with Gasteiger partial charge in [0, 0.05) is 44.3 Å². The summed E-state index contributed by atoms with van der Waals surface area (Å²) >= 11 is 3.44. The van der Waals surface area contributed by atoms with E-state index in [4.69, 9.17) is 0 Å². The summed E-state index contributed by atoms with van der Waals surface area (Å²) in [5.74, 6) is 1.23. The largest absolute Gasteiger partial charge is 0.356 e. The molecule has 6 nitrogen and oxygen atoms in total. The van der Waals surface area contributed by atoms with E-state index in [1.165, 1.54) is 5.56 Å². The van der Waals surface area contributed by atoms with Gasteiger partial charge in [-0.2, -0.15) is 0 Å². The molecule has 1 amide bonds. The normalized spacial score (nSPS) is 11.2. The van der Waals surface area contributed by atoms with Gasteiger partial charge < -0.3 is 15.5 Å². The summed E-state index contributed by atoms with van der Waals surface area (Å²) in [5.41, 5.74) is 2.24. The summed E-state index contributed by atoms with van der Waals surface area (Å²) in [6.07, 6.45) is 2.06. The van der Waals surface area contributed by atoms with Crippen LogP contribution in [0.15, 0.2) is 52.1 Å². The molecule has 0 unspecified atom stereocenters. The van der Waals surface area contributed by atoms with Crippen LogP contribution in [0, 0.1) is 6.92 Å². The Labute approximate surface area is 162 Å². The van der Waals surface area contributed by atoms with Crippen LogP contribution in [0.2, 0.25) is 0 Å². The van der Waals surface area contributed by atoms with Gasteiger partial charge in [-0.3, -0.25) is 9.79 Å². The van der Waals surface area contributed by atoms with Crippen molar-refractivity contribution in [2.24, 2.45) is 4.99 Å². The van der Waals surface area contributed by atoms with Crippen molar-refractivity contribution in [3.8, 4) is 0 Å². The van der Waals surface area contributed by atoms with E-state index in [0.29, 0.717) is 18.8 Å². The van der Waals surface area contributed by atoms with Gasteiger partial charge in [0.15, 0.2) is 5.96 Å². The number of aliphatic imine (C=N–C) groups is 1. The third-order valence-electron chi connectivity index (χ3n) is 3.72. The molecule has 0 bridgehead atoms. The monoisotopic (exact) mass is 417 g/mol. The Morgan fingerprint density at radius 3 is 2.58 bits per heavy atom. The third-order valence-corrected chi connectivity index (χ3v) is 4.25. The maximum atomic E-state index is 12.0. The SMILES string of the molecule is CN=C(NCCC(=O)Nc1ccc(C)cn1)N(C)Cc1ccc(Br)cc1. The molecule has 7 heteroatoms. The summed E-state index contributed by atoms with van der Waals surface area (Å²) in [5, 5.41) is 6.00. The van der Waals surface area contributed by atoms with Crippen molar-refractivity contribution in [2.75, 3.05) is 26.0 Å². The summed E-state index contributed by atoms with van der Waals surface area (Å²) < 4.78 is 1.06. The molecule has 138 valence electrons. The Hall–Kier alpha value is -2.41. The van der Waals surface area contributed by atoms with Gasteiger partial charge in [-0.1, -0.05) is 34.1 Å². The molecule has 0 radical (unpaired) electrons. The highest BCUT2D eigenvalue weighted by molar-refractivity contribution is 9.10. The van der Waals surface area contributed by atoms with Crippen molar-refractivity contribution in [3.63, 3.8) is 0 Å². The summed E-state index contributed by atoms with van der Waals surface area (Å²) in [6.45, 7) is 3.18. The van der Waals surface area contributed by atoms with Crippen molar-refractivity contribution < 1.29 is 4.79 Å². The lowest BCUT2D eigenvalue weighted by Crippen LogP contribution is -2.39. The van der Waals surface area contributed by atoms with Gasteiger partial charge in [0.2, 0.25) is 5.91 Å². The second-order valence-electron chi connectivity index (χ2n) is 5.98. The summed E-state index contributed by atoms with van der Waals surface area (Å²) in [4.78, 5) is 22.5. The van der Waals surface area contributed by atoms with E-state index in [1.807, 2.05) is 37.1 Å². The van der Waals surface area contributed by atoms with Gasteiger partial charge in [-0.25, -0.2) is 4.98 Å². The number of hydrogen-bond acceptors (Lipinski definition) is 3. The second kappa shape index (κ2) is 9.91. The highest BCUT2D eigenvalue weighted by atomic mass is 79.9. The molecule has 0 saturated carbocycles. The van der Waals surface area contributed by atoms with Gasteiger partial charge >= 0.3 is 0 Å². The number of aryl methyl sites for hydroxylation is 1. The zero-order valence-corrected chi connectivity index (χ0v) is 16.9. The number of nitrogens with one attached hydrogen (secondary N) is 2. The van der Waals surface area contributed by atoms with E-state index in [2.05, 4.69) is 48.7 Å². The number of anilines is 1. The number of benzene rings is 1. The predicted molar refractivity (Wildman–Crippen MR) is 109 cm³/mol. The Morgan fingerprint density at radius 1 is 1.23 bits per heavy atom. The van der Waals surface area contributed by atoms with Crippen molar-refractivity contribution in [3.05, 3.63) is 58.2 Å². The van der Waals surface area contributed by atoms with E-state index in [0.717, 1.165) is 22.5 Å². The average molecular weight is 418 g/mol. The van der Waals surface area contributed by atoms with Crippen LogP contribution in [0.1, 0.15) is 17.5 Å². The van der Waals surface area contributed by atoms with Crippen LogP contribution >= 0.6 is 15.9 Å². The second-order valence-corrected chi connectivity index (χ2v) is 6.89. The minimum Gasteiger partial charge on any atom is -0.356 e. The highest BCUT2D eigenvalue weighted by Crippen LogP contribution is 2.11. The number of halogens is 1. The number of aromatic nitrogens is 1. The van der Waals surface area contributed by atoms with Crippen LogP contribution in [-0.2, 0) is 11.3 Å². The number of guanidine groups is 1. The van der Waals surface area contributed by atoms with Crippen molar-refractivity contribution >= 4 is 33.6 Å². The summed E-state index contributed by atoms with van der Waals surface area (Å²) in [7, 11) is 3.70. The highest BCUT2D eigenvalue weighted by Gasteiger charge is 2.08. The van der Waals surface area contributed by atoms with Gasteiger partial charge in [0.05, 0.1) is 0 Å². The number of carbonyl (C=O) groups is 1. The first-order valence-electron chi connectivity index (χ1n) is 8.36. The molecule has 2 aromatic rings. The Balaban J connectivity index is 1.77. The van der Waals surface area contributed by atoms with Gasteiger partial charge in [-0.05, 0) is 36.2 Å². The maximum absolute atomic E-state index is 12.0. The molecule has 26 heavy (non-hydrogen) atoms. The van der Waals surface area contributed by atoms with Crippen LogP contribution in [0.4, 0.5) is 5.82 Å². The van der Waals surface area contributed by atoms with Crippen LogP contribution in [0.3, 0.4) is 0 Å². The van der Waals surface area contributed by atoms with E-state index >= 15 is 0 Å². The first kappa shape index (κ1) is 19.9. The fourth-order valence-corrected chi connectivity index (χ4v) is 2.62. The zero-order valence-electron chi connectivity index (χ0n) is 15.3. The number of pyridine rings is 1. The molecule has 0 aliphatic rings. The van der Waals surface area contributed by atoms with Crippen LogP contribution in [0.25, 0.3) is 0 Å². The van der Waals surface area contributed by atoms with Gasteiger partial charge in [0.25, 0.3) is 0 Å². The molecule has 0 spiro atoms. The molecule has 1 heterocycles. The molecule has 0 aliphatic carbocycles. The number of rotatable bonds is 6. The number of nitrogens with zero attached hydrogens (tertiary/aromatic N) is 3. The van der Waals surface area contributed by atoms with Crippen LogP contribution in [0.5, 0.6) is 0 Å². The predicted octanol–water partition coefficient (Wildman–Crippen LogP) is 3.19. The average Bonchev–Trinajstić information content (AvgIpc) is 2.62. The van der Waals surface area contributed by atoms with Crippen LogP contribution < -0.4 is 10.6 Å². The molecule has 1 aromatic heterocycles. The topological polar surface area (TPSA) is 69.6 Å². The van der Waals surface area contributed by atoms with Crippen molar-refractivity contribution in [1.82, 2.24) is 15.2 Å². The third kappa shape index (κ3) is 6.48. The lowest BCUT2D eigenvalue weighted by molar-refractivity contribution is -0.116. The molecule has 1 aromatic carbocycles. The van der Waals surface area contributed by atoms with E-state index in [1.54, 1.807) is 19.3 Å². The van der Waals surface area contributed by atoms with Crippen LogP contribution in [-0.4, -0.2) is 42.4 Å². The van der Waals surface area contributed by atoms with Gasteiger partial charge in [0.1, 0.15) is 5.82 Å². The minimum absolute atomic E-state index is 0.0835. The Bertz CT molecular complexity index is 744. The maximum Gasteiger partial charge on any atom is 0.227 e. The Morgan fingerprint density at radius 2 is 1.96 bits per heavy atom. The lowest BCUT2D eigenvalue weighted by atomic mass is 10.2. The zero-order chi connectivity index (χ0) is 18.9. The molecule has 2 N–H and O–H groups in total. The lowest BCUT2D eigenvalue weighted by Gasteiger charge is -2.22. The van der Waals surface area contributed by atoms with E-state index < -0.39 is 0 Å². The number of amides is 1. The Kier molecular flexibility index (Phi) is 7.59. The quantitative estimate of drug-likeness (QED) is 0.559. The standard InChI is InChI=1S/C19H24BrN5O/c1-14-4-9-17(23-12-14)24-18(26)10-11-22-19(21-2)25(3)13-15-5-7-16(20)8-6-15/h4-9,12H,10-11,13H2,1-3H3,(H,21,22)(H,23,24,26). The smallest absolute Gasteiger partial charge is 0.227 e. The molecular weight excluding hydrogens is 394 g/mol. The molecule has 0 aliphatic heterocycles. The molecular formula is C19H24BrN5O. The summed E-state index contributed by atoms with van der Waals surface area (Å²) in [6, 6.07) is 11.9. The molecule has 2 rings (SSSR count). The molecule has 0 atom stereocenters. The minimum atomic E-state index is -0.0835. The number of carbonyl (C=O) groups excluding carboxylic acids is 1. The first-order chi connectivity index (χ1) is 12.5. The van der Waals surface area contributed by atoms with E-state index in [-0.39, 0.29) is 5.91 Å². The van der Waals surface area contributed by atoms with Gasteiger partial charge in [-0.15, -0.1) is 0 Å².